The van der Waals surface area contributed by atoms with Crippen molar-refractivity contribution in [1.29, 1.82) is 5.26 Å². The van der Waals surface area contributed by atoms with Crippen LogP contribution in [0.4, 0.5) is 11.4 Å². The second-order valence-electron chi connectivity index (χ2n) is 4.47. The molecule has 0 saturated carbocycles. The molecule has 0 spiro atoms. The summed E-state index contributed by atoms with van der Waals surface area (Å²) < 4.78 is 0. The summed E-state index contributed by atoms with van der Waals surface area (Å²) in [6, 6.07) is 13.7. The highest BCUT2D eigenvalue weighted by Gasteiger charge is 2.13. The summed E-state index contributed by atoms with van der Waals surface area (Å²) in [6.45, 7) is 2.10. The molecule has 0 aliphatic heterocycles. The number of anilines is 2. The minimum Gasteiger partial charge on any atom is -0.399 e. The fourth-order valence-electron chi connectivity index (χ4n) is 1.97. The lowest BCUT2D eigenvalue weighted by Gasteiger charge is -2.27. The van der Waals surface area contributed by atoms with E-state index in [1.165, 1.54) is 0 Å². The van der Waals surface area contributed by atoms with Gasteiger partial charge in [0.2, 0.25) is 0 Å². The third kappa shape index (κ3) is 2.83. The standard InChI is InChI=1S/C15H16N4/c1-11(12-4-3-5-13(17)8-12)19(2)15-6-7-18-14(9-15)10-16/h3-9,11H,17H2,1-2H3. The van der Waals surface area contributed by atoms with Crippen LogP contribution in [0.3, 0.4) is 0 Å². The number of nitrogens with two attached hydrogens (primary N) is 1. The van der Waals surface area contributed by atoms with E-state index in [4.69, 9.17) is 11.0 Å². The molecule has 0 bridgehead atoms. The quantitative estimate of drug-likeness (QED) is 0.853. The largest absolute Gasteiger partial charge is 0.399 e. The van der Waals surface area contributed by atoms with Gasteiger partial charge in [-0.1, -0.05) is 12.1 Å². The molecular weight excluding hydrogens is 236 g/mol. The van der Waals surface area contributed by atoms with Gasteiger partial charge in [-0.2, -0.15) is 5.26 Å². The predicted octanol–water partition coefficient (Wildman–Crippen LogP) is 2.73. The van der Waals surface area contributed by atoms with Crippen molar-refractivity contribution in [1.82, 2.24) is 4.98 Å². The Balaban J connectivity index is 2.28. The zero-order chi connectivity index (χ0) is 13.8. The highest BCUT2D eigenvalue weighted by atomic mass is 15.1. The van der Waals surface area contributed by atoms with Gasteiger partial charge in [-0.25, -0.2) is 4.98 Å². The van der Waals surface area contributed by atoms with Crippen molar-refractivity contribution in [2.75, 3.05) is 17.7 Å². The normalized spacial score (nSPS) is 11.6. The molecule has 0 aliphatic rings. The first-order chi connectivity index (χ1) is 9.11. The van der Waals surface area contributed by atoms with Crippen LogP contribution in [0.1, 0.15) is 24.2 Å². The van der Waals surface area contributed by atoms with Crippen LogP contribution in [0.25, 0.3) is 0 Å². The van der Waals surface area contributed by atoms with Crippen molar-refractivity contribution in [2.45, 2.75) is 13.0 Å². The molecule has 0 aliphatic carbocycles. The van der Waals surface area contributed by atoms with E-state index >= 15 is 0 Å². The number of nitrogens with zero attached hydrogens (tertiary/aromatic N) is 3. The highest BCUT2D eigenvalue weighted by Crippen LogP contribution is 2.26. The van der Waals surface area contributed by atoms with Crippen LogP contribution < -0.4 is 10.6 Å². The van der Waals surface area contributed by atoms with Crippen LogP contribution in [0.2, 0.25) is 0 Å². The maximum absolute atomic E-state index is 8.89. The maximum Gasteiger partial charge on any atom is 0.142 e. The van der Waals surface area contributed by atoms with Crippen LogP contribution in [-0.4, -0.2) is 12.0 Å². The monoisotopic (exact) mass is 252 g/mol. The van der Waals surface area contributed by atoms with E-state index in [9.17, 15) is 0 Å². The number of nitrogen functional groups attached to an aromatic ring is 1. The first kappa shape index (κ1) is 12.9. The molecule has 2 aromatic rings. The van der Waals surface area contributed by atoms with Crippen molar-refractivity contribution in [2.24, 2.45) is 0 Å². The lowest BCUT2D eigenvalue weighted by Crippen LogP contribution is -2.21. The van der Waals surface area contributed by atoms with Crippen LogP contribution in [0.5, 0.6) is 0 Å². The lowest BCUT2D eigenvalue weighted by molar-refractivity contribution is 0.739. The molecule has 1 aromatic heterocycles. The first-order valence-electron chi connectivity index (χ1n) is 6.06. The van der Waals surface area contributed by atoms with Gasteiger partial charge in [-0.3, -0.25) is 0 Å². The fourth-order valence-corrected chi connectivity index (χ4v) is 1.97. The number of nitriles is 1. The Morgan fingerprint density at radius 2 is 2.11 bits per heavy atom. The topological polar surface area (TPSA) is 65.9 Å². The van der Waals surface area contributed by atoms with E-state index in [2.05, 4.69) is 22.9 Å². The van der Waals surface area contributed by atoms with Gasteiger partial charge in [-0.05, 0) is 36.8 Å². The van der Waals surface area contributed by atoms with Crippen LogP contribution in [0.15, 0.2) is 42.6 Å². The molecule has 1 aromatic carbocycles. The summed E-state index contributed by atoms with van der Waals surface area (Å²) in [7, 11) is 1.99. The van der Waals surface area contributed by atoms with Gasteiger partial charge in [0.25, 0.3) is 0 Å². The molecule has 19 heavy (non-hydrogen) atoms. The molecule has 2 N–H and O–H groups in total. The fraction of sp³-hybridized carbons (Fsp3) is 0.200. The number of aromatic nitrogens is 1. The van der Waals surface area contributed by atoms with Gasteiger partial charge in [0, 0.05) is 24.6 Å². The summed E-state index contributed by atoms with van der Waals surface area (Å²) in [4.78, 5) is 6.07. The predicted molar refractivity (Wildman–Crippen MR) is 76.6 cm³/mol. The van der Waals surface area contributed by atoms with E-state index in [0.29, 0.717) is 5.69 Å². The second kappa shape index (κ2) is 5.40. The van der Waals surface area contributed by atoms with E-state index in [1.807, 2.05) is 37.4 Å². The zero-order valence-corrected chi connectivity index (χ0v) is 11.0. The van der Waals surface area contributed by atoms with Gasteiger partial charge < -0.3 is 10.6 Å². The van der Waals surface area contributed by atoms with Crippen LogP contribution in [-0.2, 0) is 0 Å². The van der Waals surface area contributed by atoms with Gasteiger partial charge >= 0.3 is 0 Å². The molecule has 0 fully saturated rings. The van der Waals surface area contributed by atoms with Crippen molar-refractivity contribution >= 4 is 11.4 Å². The smallest absolute Gasteiger partial charge is 0.142 e. The van der Waals surface area contributed by atoms with Gasteiger partial charge in [0.1, 0.15) is 11.8 Å². The maximum atomic E-state index is 8.89. The number of benzene rings is 1. The third-order valence-electron chi connectivity index (χ3n) is 3.24. The number of pyridine rings is 1. The summed E-state index contributed by atoms with van der Waals surface area (Å²) >= 11 is 0. The molecule has 0 saturated heterocycles. The summed E-state index contributed by atoms with van der Waals surface area (Å²) in [5, 5.41) is 8.89. The minimum absolute atomic E-state index is 0.164. The number of hydrogen-bond acceptors (Lipinski definition) is 4. The minimum atomic E-state index is 0.164. The molecular formula is C15H16N4. The molecule has 96 valence electrons. The van der Waals surface area contributed by atoms with Crippen molar-refractivity contribution in [3.05, 3.63) is 53.9 Å². The summed E-state index contributed by atoms with van der Waals surface area (Å²) in [5.41, 5.74) is 9.08. The Hall–Kier alpha value is -2.54. The van der Waals surface area contributed by atoms with Crippen molar-refractivity contribution < 1.29 is 0 Å². The van der Waals surface area contributed by atoms with E-state index in [-0.39, 0.29) is 6.04 Å². The molecule has 2 rings (SSSR count). The van der Waals surface area contributed by atoms with Crippen molar-refractivity contribution in [3.8, 4) is 6.07 Å². The van der Waals surface area contributed by atoms with Crippen molar-refractivity contribution in [3.63, 3.8) is 0 Å². The molecule has 1 atom stereocenters. The van der Waals surface area contributed by atoms with E-state index < -0.39 is 0 Å². The molecule has 1 heterocycles. The SMILES string of the molecule is CC(c1cccc(N)c1)N(C)c1ccnc(C#N)c1. The molecule has 0 amide bonds. The molecule has 1 unspecified atom stereocenters. The molecule has 0 radical (unpaired) electrons. The Morgan fingerprint density at radius 3 is 2.79 bits per heavy atom. The van der Waals surface area contributed by atoms with Crippen LogP contribution in [0, 0.1) is 11.3 Å². The molecule has 4 heteroatoms. The Bertz CT molecular complexity index is 616. The van der Waals surface area contributed by atoms with Gasteiger partial charge in [0.15, 0.2) is 0 Å². The summed E-state index contributed by atoms with van der Waals surface area (Å²) in [6.07, 6.45) is 1.65. The Kier molecular flexibility index (Phi) is 3.67. The third-order valence-corrected chi connectivity index (χ3v) is 3.24. The zero-order valence-electron chi connectivity index (χ0n) is 11.0. The average molecular weight is 252 g/mol. The van der Waals surface area contributed by atoms with E-state index in [1.54, 1.807) is 12.3 Å². The first-order valence-corrected chi connectivity index (χ1v) is 6.06. The van der Waals surface area contributed by atoms with Crippen LogP contribution >= 0.6 is 0 Å². The average Bonchev–Trinajstić information content (AvgIpc) is 2.45. The highest BCUT2D eigenvalue weighted by molar-refractivity contribution is 5.51. The lowest BCUT2D eigenvalue weighted by atomic mass is 10.1. The van der Waals surface area contributed by atoms with Gasteiger partial charge in [0.05, 0.1) is 6.04 Å². The van der Waals surface area contributed by atoms with E-state index in [0.717, 1.165) is 16.9 Å². The molecule has 4 nitrogen and oxygen atoms in total. The number of rotatable bonds is 3. The number of hydrogen-bond donors (Lipinski definition) is 1. The van der Waals surface area contributed by atoms with Gasteiger partial charge in [-0.15, -0.1) is 0 Å². The summed E-state index contributed by atoms with van der Waals surface area (Å²) in [5.74, 6) is 0. The Morgan fingerprint density at radius 1 is 1.32 bits per heavy atom. The second-order valence-corrected chi connectivity index (χ2v) is 4.47. The Labute approximate surface area is 113 Å².